The summed E-state index contributed by atoms with van der Waals surface area (Å²) in [7, 11) is 2.19. The van der Waals surface area contributed by atoms with E-state index in [9.17, 15) is 0 Å². The van der Waals surface area contributed by atoms with Gasteiger partial charge in [0.05, 0.1) is 12.2 Å². The van der Waals surface area contributed by atoms with Crippen LogP contribution in [0.2, 0.25) is 0 Å². The SMILES string of the molecule is CCCCCCCC/C=C\CCCCCCCCO[C@@H]1CN(C)C[C@H]1OCCCCCCCC. The lowest BCUT2D eigenvalue weighted by Gasteiger charge is -2.20. The molecule has 1 aliphatic rings. The second-order valence-corrected chi connectivity index (χ2v) is 10.7. The zero-order valence-corrected chi connectivity index (χ0v) is 23.5. The van der Waals surface area contributed by atoms with Crippen LogP contribution in [0.5, 0.6) is 0 Å². The molecule has 3 nitrogen and oxygen atoms in total. The summed E-state index contributed by atoms with van der Waals surface area (Å²) in [6.07, 6.45) is 32.3. The second-order valence-electron chi connectivity index (χ2n) is 10.7. The monoisotopic (exact) mass is 479 g/mol. The van der Waals surface area contributed by atoms with Crippen LogP contribution in [0.15, 0.2) is 12.2 Å². The Morgan fingerprint density at radius 1 is 0.529 bits per heavy atom. The predicted octanol–water partition coefficient (Wildman–Crippen LogP) is 9.10. The van der Waals surface area contributed by atoms with E-state index in [2.05, 4.69) is 37.9 Å². The van der Waals surface area contributed by atoms with E-state index in [-0.39, 0.29) is 12.2 Å². The van der Waals surface area contributed by atoms with Gasteiger partial charge in [0.2, 0.25) is 0 Å². The molecule has 202 valence electrons. The highest BCUT2D eigenvalue weighted by molar-refractivity contribution is 4.84. The van der Waals surface area contributed by atoms with Crippen molar-refractivity contribution in [3.63, 3.8) is 0 Å². The molecule has 0 amide bonds. The van der Waals surface area contributed by atoms with Crippen molar-refractivity contribution >= 4 is 0 Å². The van der Waals surface area contributed by atoms with Crippen molar-refractivity contribution in [2.24, 2.45) is 0 Å². The Kier molecular flexibility index (Phi) is 22.6. The molecule has 0 aromatic rings. The van der Waals surface area contributed by atoms with E-state index in [0.717, 1.165) is 26.3 Å². The fraction of sp³-hybridized carbons (Fsp3) is 0.935. The molecule has 1 heterocycles. The molecule has 1 aliphatic heterocycles. The molecule has 0 radical (unpaired) electrons. The molecule has 0 unspecified atom stereocenters. The van der Waals surface area contributed by atoms with Gasteiger partial charge in [0, 0.05) is 26.3 Å². The average molecular weight is 480 g/mol. The van der Waals surface area contributed by atoms with Crippen LogP contribution in [-0.2, 0) is 9.47 Å². The summed E-state index contributed by atoms with van der Waals surface area (Å²) in [5.74, 6) is 0. The minimum atomic E-state index is 0.271. The molecule has 1 fully saturated rings. The van der Waals surface area contributed by atoms with Crippen LogP contribution in [0, 0.1) is 0 Å². The van der Waals surface area contributed by atoms with E-state index in [1.807, 2.05) is 0 Å². The summed E-state index contributed by atoms with van der Waals surface area (Å²) >= 11 is 0. The summed E-state index contributed by atoms with van der Waals surface area (Å²) < 4.78 is 12.4. The smallest absolute Gasteiger partial charge is 0.0975 e. The first-order valence-electron chi connectivity index (χ1n) is 15.3. The summed E-state index contributed by atoms with van der Waals surface area (Å²) in [5.41, 5.74) is 0. The van der Waals surface area contributed by atoms with Crippen molar-refractivity contribution in [1.82, 2.24) is 4.90 Å². The van der Waals surface area contributed by atoms with Crippen LogP contribution < -0.4 is 0 Å². The maximum Gasteiger partial charge on any atom is 0.0975 e. The molecular weight excluding hydrogens is 418 g/mol. The Balaban J connectivity index is 1.89. The highest BCUT2D eigenvalue weighted by Crippen LogP contribution is 2.17. The van der Waals surface area contributed by atoms with Gasteiger partial charge < -0.3 is 14.4 Å². The minimum Gasteiger partial charge on any atom is -0.374 e. The topological polar surface area (TPSA) is 21.7 Å². The van der Waals surface area contributed by atoms with Gasteiger partial charge >= 0.3 is 0 Å². The summed E-state index contributed by atoms with van der Waals surface area (Å²) in [6.45, 7) is 8.41. The molecule has 3 heteroatoms. The normalized spacial score (nSPS) is 19.0. The Bertz CT molecular complexity index is 439. The summed E-state index contributed by atoms with van der Waals surface area (Å²) in [6, 6.07) is 0. The molecule has 0 spiro atoms. The molecule has 1 rings (SSSR count). The third kappa shape index (κ3) is 18.9. The van der Waals surface area contributed by atoms with Crippen molar-refractivity contribution in [1.29, 1.82) is 0 Å². The van der Waals surface area contributed by atoms with Gasteiger partial charge in [0.25, 0.3) is 0 Å². The van der Waals surface area contributed by atoms with Gasteiger partial charge in [-0.15, -0.1) is 0 Å². The van der Waals surface area contributed by atoms with Crippen LogP contribution >= 0.6 is 0 Å². The van der Waals surface area contributed by atoms with Crippen molar-refractivity contribution in [2.45, 2.75) is 154 Å². The molecule has 2 atom stereocenters. The first-order chi connectivity index (χ1) is 16.8. The van der Waals surface area contributed by atoms with Gasteiger partial charge in [-0.2, -0.15) is 0 Å². The van der Waals surface area contributed by atoms with Crippen LogP contribution in [0.3, 0.4) is 0 Å². The number of nitrogens with zero attached hydrogens (tertiary/aromatic N) is 1. The van der Waals surface area contributed by atoms with E-state index in [4.69, 9.17) is 9.47 Å². The Morgan fingerprint density at radius 2 is 0.882 bits per heavy atom. The maximum absolute atomic E-state index is 6.24. The van der Waals surface area contributed by atoms with E-state index in [1.54, 1.807) is 0 Å². The third-order valence-corrected chi connectivity index (χ3v) is 7.22. The first-order valence-corrected chi connectivity index (χ1v) is 15.3. The molecule has 0 aromatic heterocycles. The molecule has 34 heavy (non-hydrogen) atoms. The van der Waals surface area contributed by atoms with Gasteiger partial charge in [0.15, 0.2) is 0 Å². The molecular formula is C31H61NO2. The van der Waals surface area contributed by atoms with Gasteiger partial charge in [-0.25, -0.2) is 0 Å². The standard InChI is InChI=1S/C31H61NO2/c1-4-6-8-10-12-13-14-15-16-17-18-19-20-21-23-25-27-34-31-29-32(3)28-30(31)33-26-24-22-11-9-7-5-2/h15-16,30-31H,4-14,17-29H2,1-3H3/b16-15-/t30-,31-/m1/s1. The molecule has 0 N–H and O–H groups in total. The molecule has 0 saturated carbocycles. The van der Waals surface area contributed by atoms with Gasteiger partial charge in [-0.3, -0.25) is 0 Å². The zero-order chi connectivity index (χ0) is 24.5. The van der Waals surface area contributed by atoms with E-state index < -0.39 is 0 Å². The predicted molar refractivity (Wildman–Crippen MR) is 150 cm³/mol. The number of unbranched alkanes of at least 4 members (excludes halogenated alkanes) is 17. The quantitative estimate of drug-likeness (QED) is 0.0962. The highest BCUT2D eigenvalue weighted by atomic mass is 16.5. The summed E-state index contributed by atoms with van der Waals surface area (Å²) in [5, 5.41) is 0. The number of ether oxygens (including phenoxy) is 2. The van der Waals surface area contributed by atoms with E-state index >= 15 is 0 Å². The Morgan fingerprint density at radius 3 is 1.29 bits per heavy atom. The maximum atomic E-state index is 6.24. The lowest BCUT2D eigenvalue weighted by atomic mass is 10.1. The molecule has 0 aromatic carbocycles. The summed E-state index contributed by atoms with van der Waals surface area (Å²) in [4.78, 5) is 2.36. The Labute approximate surface area is 214 Å². The number of rotatable bonds is 25. The lowest BCUT2D eigenvalue weighted by molar-refractivity contribution is -0.0481. The van der Waals surface area contributed by atoms with Crippen molar-refractivity contribution in [2.75, 3.05) is 33.4 Å². The van der Waals surface area contributed by atoms with E-state index in [0.29, 0.717) is 0 Å². The largest absolute Gasteiger partial charge is 0.374 e. The van der Waals surface area contributed by atoms with Gasteiger partial charge in [-0.05, 0) is 45.6 Å². The van der Waals surface area contributed by atoms with Crippen molar-refractivity contribution in [3.05, 3.63) is 12.2 Å². The lowest BCUT2D eigenvalue weighted by Crippen LogP contribution is -2.30. The fourth-order valence-electron chi connectivity index (χ4n) is 4.95. The number of hydrogen-bond acceptors (Lipinski definition) is 3. The fourth-order valence-corrected chi connectivity index (χ4v) is 4.95. The van der Waals surface area contributed by atoms with Crippen LogP contribution in [0.25, 0.3) is 0 Å². The average Bonchev–Trinajstić information content (AvgIpc) is 3.19. The van der Waals surface area contributed by atoms with Gasteiger partial charge in [-0.1, -0.05) is 116 Å². The van der Waals surface area contributed by atoms with Crippen LogP contribution in [-0.4, -0.2) is 50.5 Å². The van der Waals surface area contributed by atoms with E-state index in [1.165, 1.54) is 128 Å². The highest BCUT2D eigenvalue weighted by Gasteiger charge is 2.32. The van der Waals surface area contributed by atoms with Crippen molar-refractivity contribution < 1.29 is 9.47 Å². The second kappa shape index (κ2) is 24.3. The number of likely N-dealkylation sites (tertiary alicyclic amines) is 1. The first kappa shape index (κ1) is 31.6. The zero-order valence-electron chi connectivity index (χ0n) is 23.5. The number of allylic oxidation sites excluding steroid dienone is 2. The van der Waals surface area contributed by atoms with Crippen molar-refractivity contribution in [3.8, 4) is 0 Å². The third-order valence-electron chi connectivity index (χ3n) is 7.22. The minimum absolute atomic E-state index is 0.271. The number of likely N-dealkylation sites (N-methyl/N-ethyl adjacent to an activating group) is 1. The van der Waals surface area contributed by atoms with Crippen LogP contribution in [0.4, 0.5) is 0 Å². The Hall–Kier alpha value is -0.380. The molecule has 0 bridgehead atoms. The van der Waals surface area contributed by atoms with Gasteiger partial charge in [0.1, 0.15) is 0 Å². The number of hydrogen-bond donors (Lipinski definition) is 0. The molecule has 0 aliphatic carbocycles. The molecule has 1 saturated heterocycles. The van der Waals surface area contributed by atoms with Crippen LogP contribution in [0.1, 0.15) is 142 Å².